The second-order valence-electron chi connectivity index (χ2n) is 11.1. The lowest BCUT2D eigenvalue weighted by Gasteiger charge is -2.45. The number of hydrogen-bond acceptors (Lipinski definition) is 7. The summed E-state index contributed by atoms with van der Waals surface area (Å²) >= 11 is 1.36. The van der Waals surface area contributed by atoms with Gasteiger partial charge in [0.05, 0.1) is 4.87 Å². The van der Waals surface area contributed by atoms with Gasteiger partial charge in [0.1, 0.15) is 28.3 Å². The number of nitrogens with zero attached hydrogens (tertiary/aromatic N) is 2. The van der Waals surface area contributed by atoms with Crippen molar-refractivity contribution in [2.24, 2.45) is 0 Å². The van der Waals surface area contributed by atoms with Crippen molar-refractivity contribution in [2.75, 3.05) is 0 Å². The van der Waals surface area contributed by atoms with Gasteiger partial charge in [0.2, 0.25) is 0 Å². The number of allylic oxidation sites excluding steroid dienone is 1. The lowest BCUT2D eigenvalue weighted by molar-refractivity contribution is -0.160. The summed E-state index contributed by atoms with van der Waals surface area (Å²) < 4.78 is 11.1. The van der Waals surface area contributed by atoms with Crippen LogP contribution in [0.5, 0.6) is 0 Å². The van der Waals surface area contributed by atoms with Crippen molar-refractivity contribution in [3.8, 4) is 0 Å². The van der Waals surface area contributed by atoms with Crippen LogP contribution in [0.2, 0.25) is 0 Å². The van der Waals surface area contributed by atoms with Crippen LogP contribution in [0.3, 0.4) is 0 Å². The Bertz CT molecular complexity index is 1050. The van der Waals surface area contributed by atoms with Crippen LogP contribution in [-0.2, 0) is 30.3 Å². The van der Waals surface area contributed by atoms with Crippen LogP contribution in [0.15, 0.2) is 42.1 Å². The first-order valence-electron chi connectivity index (χ1n) is 11.6. The smallest absolute Gasteiger partial charge is 0.412 e. The summed E-state index contributed by atoms with van der Waals surface area (Å²) in [5.74, 6) is -1.55. The van der Waals surface area contributed by atoms with E-state index in [1.165, 1.54) is 27.6 Å². The van der Waals surface area contributed by atoms with Gasteiger partial charge in [0, 0.05) is 12.5 Å². The predicted molar refractivity (Wildman–Crippen MR) is 133 cm³/mol. The third-order valence-corrected chi connectivity index (χ3v) is 6.74. The van der Waals surface area contributed by atoms with Crippen molar-refractivity contribution >= 4 is 35.5 Å². The minimum Gasteiger partial charge on any atom is -0.455 e. The minimum absolute atomic E-state index is 0.0753. The van der Waals surface area contributed by atoms with E-state index in [2.05, 4.69) is 0 Å². The van der Waals surface area contributed by atoms with E-state index in [-0.39, 0.29) is 17.9 Å². The molecule has 0 N–H and O–H groups in total. The zero-order chi connectivity index (χ0) is 26.3. The number of likely N-dealkylation sites (tertiary alicyclic amines) is 1. The molecule has 0 bridgehead atoms. The number of thioether (sulfide) groups is 1. The quantitative estimate of drug-likeness (QED) is 0.337. The molecule has 2 fully saturated rings. The molecule has 0 radical (unpaired) electrons. The normalized spacial score (nSPS) is 21.8. The molecule has 2 saturated heterocycles. The molecule has 1 aromatic carbocycles. The molecule has 1 aromatic rings. The third kappa shape index (κ3) is 6.07. The summed E-state index contributed by atoms with van der Waals surface area (Å²) in [4.78, 5) is 54.3. The molecule has 0 aromatic heterocycles. The minimum atomic E-state index is -0.823. The fraction of sp³-hybridized carbons (Fsp3) is 0.538. The summed E-state index contributed by atoms with van der Waals surface area (Å²) in [6.07, 6.45) is 0.656. The average Bonchev–Trinajstić information content (AvgIpc) is 2.93. The molecule has 2 aliphatic heterocycles. The number of benzene rings is 1. The van der Waals surface area contributed by atoms with Gasteiger partial charge < -0.3 is 9.47 Å². The van der Waals surface area contributed by atoms with Crippen LogP contribution in [0, 0.1) is 0 Å². The Morgan fingerprint density at radius 1 is 1.00 bits per heavy atom. The van der Waals surface area contributed by atoms with Crippen molar-refractivity contribution in [3.63, 3.8) is 0 Å². The number of β-lactam (4-membered cyclic amide) rings is 1. The molecule has 0 spiro atoms. The molecular weight excluding hydrogens is 468 g/mol. The van der Waals surface area contributed by atoms with Gasteiger partial charge in [0.25, 0.3) is 5.91 Å². The Labute approximate surface area is 211 Å². The average molecular weight is 503 g/mol. The number of rotatable bonds is 5. The Kier molecular flexibility index (Phi) is 7.14. The Balaban J connectivity index is 1.92. The largest absolute Gasteiger partial charge is 0.455 e. The molecule has 0 saturated carbocycles. The molecule has 190 valence electrons. The van der Waals surface area contributed by atoms with Gasteiger partial charge >= 0.3 is 12.1 Å². The molecule has 2 unspecified atom stereocenters. The first kappa shape index (κ1) is 26.8. The molecule has 35 heavy (non-hydrogen) atoms. The highest BCUT2D eigenvalue weighted by Gasteiger charge is 2.65. The van der Waals surface area contributed by atoms with E-state index in [1.54, 1.807) is 41.5 Å². The van der Waals surface area contributed by atoms with Gasteiger partial charge in [-0.2, -0.15) is 0 Å². The number of amides is 2. The van der Waals surface area contributed by atoms with E-state index < -0.39 is 45.5 Å². The number of hydrogen-bond donors (Lipinski definition) is 0. The molecule has 8 nitrogen and oxygen atoms in total. The number of ketones is 1. The molecule has 2 amide bonds. The zero-order valence-electron chi connectivity index (χ0n) is 21.6. The summed E-state index contributed by atoms with van der Waals surface area (Å²) in [6.45, 7) is 14.1. The Hall–Kier alpha value is -2.81. The predicted octanol–water partition coefficient (Wildman–Crippen LogP) is 4.28. The second-order valence-corrected chi connectivity index (χ2v) is 12.8. The number of carbonyl (C=O) groups is 4. The van der Waals surface area contributed by atoms with Gasteiger partial charge in [-0.25, -0.2) is 9.59 Å². The van der Waals surface area contributed by atoms with Gasteiger partial charge in [-0.1, -0.05) is 30.3 Å². The lowest BCUT2D eigenvalue weighted by atomic mass is 10.0. The number of carbonyl (C=O) groups excluding carboxylic acids is 4. The van der Waals surface area contributed by atoms with E-state index >= 15 is 0 Å². The Morgan fingerprint density at radius 3 is 2.11 bits per heavy atom. The van der Waals surface area contributed by atoms with Crippen LogP contribution >= 0.6 is 11.8 Å². The van der Waals surface area contributed by atoms with Crippen molar-refractivity contribution in [1.29, 1.82) is 0 Å². The maximum atomic E-state index is 13.4. The number of ether oxygens (including phenoxy) is 2. The zero-order valence-corrected chi connectivity index (χ0v) is 22.4. The standard InChI is InChI=1S/C26H34N2O6S/c1-24(2,3)33-22(31)18(15-17(29)14-16-12-10-9-11-13-16)27-20(30)19-21(27)35-26(7,8)28(19)23(32)34-25(4,5)6/h9-13,15,19,21H,14H2,1-8H3. The summed E-state index contributed by atoms with van der Waals surface area (Å²) in [6, 6.07) is 8.33. The second kappa shape index (κ2) is 9.33. The first-order valence-corrected chi connectivity index (χ1v) is 12.4. The van der Waals surface area contributed by atoms with Crippen LogP contribution in [0.25, 0.3) is 0 Å². The number of esters is 1. The summed E-state index contributed by atoms with van der Waals surface area (Å²) in [5.41, 5.74) is -0.885. The third-order valence-electron chi connectivity index (χ3n) is 5.26. The fourth-order valence-electron chi connectivity index (χ4n) is 3.95. The van der Waals surface area contributed by atoms with Gasteiger partial charge in [-0.05, 0) is 61.0 Å². The van der Waals surface area contributed by atoms with Crippen molar-refractivity contribution in [1.82, 2.24) is 9.80 Å². The number of fused-ring (bicyclic) bond motifs is 1. The lowest BCUT2D eigenvalue weighted by Crippen LogP contribution is -2.67. The van der Waals surface area contributed by atoms with E-state index in [9.17, 15) is 19.2 Å². The molecule has 0 aliphatic carbocycles. The molecule has 3 rings (SSSR count). The molecular formula is C26H34N2O6S. The maximum Gasteiger partial charge on any atom is 0.412 e. The first-order chi connectivity index (χ1) is 16.0. The van der Waals surface area contributed by atoms with E-state index in [0.29, 0.717) is 0 Å². The van der Waals surface area contributed by atoms with Crippen molar-refractivity contribution in [3.05, 3.63) is 47.7 Å². The highest BCUT2D eigenvalue weighted by atomic mass is 32.2. The van der Waals surface area contributed by atoms with Crippen LogP contribution in [0.1, 0.15) is 61.0 Å². The maximum absolute atomic E-state index is 13.4. The van der Waals surface area contributed by atoms with E-state index in [0.717, 1.165) is 5.56 Å². The Morgan fingerprint density at radius 2 is 1.57 bits per heavy atom. The highest BCUT2D eigenvalue weighted by Crippen LogP contribution is 2.52. The van der Waals surface area contributed by atoms with Gasteiger partial charge in [0.15, 0.2) is 5.78 Å². The van der Waals surface area contributed by atoms with E-state index in [4.69, 9.17) is 9.47 Å². The SMILES string of the molecule is CC(C)(C)OC(=O)C(=CC(=O)Cc1ccccc1)N1C(=O)C2C1SC(C)(C)N2C(=O)OC(C)(C)C. The fourth-order valence-corrected chi connectivity index (χ4v) is 5.53. The van der Waals surface area contributed by atoms with Crippen molar-refractivity contribution in [2.45, 2.75) is 89.3 Å². The summed E-state index contributed by atoms with van der Waals surface area (Å²) in [5, 5.41) is -0.548. The van der Waals surface area contributed by atoms with Crippen molar-refractivity contribution < 1.29 is 28.7 Å². The van der Waals surface area contributed by atoms with E-state index in [1.807, 2.05) is 44.2 Å². The molecule has 9 heteroatoms. The van der Waals surface area contributed by atoms with Crippen LogP contribution in [0.4, 0.5) is 4.79 Å². The van der Waals surface area contributed by atoms with Gasteiger partial charge in [-0.15, -0.1) is 11.8 Å². The summed E-state index contributed by atoms with van der Waals surface area (Å²) in [7, 11) is 0. The highest BCUT2D eigenvalue weighted by molar-refractivity contribution is 8.01. The van der Waals surface area contributed by atoms with Crippen LogP contribution in [-0.4, -0.2) is 61.0 Å². The molecule has 2 atom stereocenters. The topological polar surface area (TPSA) is 93.2 Å². The van der Waals surface area contributed by atoms with Gasteiger partial charge in [-0.3, -0.25) is 19.4 Å². The monoisotopic (exact) mass is 502 g/mol. The molecule has 2 aliphatic rings. The molecule has 2 heterocycles. The van der Waals surface area contributed by atoms with Crippen LogP contribution < -0.4 is 0 Å².